The van der Waals surface area contributed by atoms with Gasteiger partial charge >= 0.3 is 0 Å². The molecule has 18 heavy (non-hydrogen) atoms. The van der Waals surface area contributed by atoms with Crippen LogP contribution in [0.2, 0.25) is 0 Å². The van der Waals surface area contributed by atoms with Gasteiger partial charge in [0, 0.05) is 12.7 Å². The molecular formula is C15H17FN2. The largest absolute Gasteiger partial charge is 0.370 e. The van der Waals surface area contributed by atoms with Gasteiger partial charge in [-0.2, -0.15) is 0 Å². The number of hydrogen-bond donors (Lipinski definition) is 1. The summed E-state index contributed by atoms with van der Waals surface area (Å²) in [4.78, 5) is 4.24. The third-order valence-corrected chi connectivity index (χ3v) is 2.92. The SMILES string of the molecule is Cc1ccnc(NCCc2ccc(F)cc2C)c1. The summed E-state index contributed by atoms with van der Waals surface area (Å²) in [6.45, 7) is 4.77. The molecule has 1 aromatic heterocycles. The highest BCUT2D eigenvalue weighted by molar-refractivity contribution is 5.37. The van der Waals surface area contributed by atoms with E-state index in [-0.39, 0.29) is 5.82 Å². The number of halogens is 1. The number of aryl methyl sites for hydroxylation is 2. The van der Waals surface area contributed by atoms with E-state index in [1.807, 2.05) is 32.0 Å². The van der Waals surface area contributed by atoms with Gasteiger partial charge in [-0.15, -0.1) is 0 Å². The summed E-state index contributed by atoms with van der Waals surface area (Å²) in [7, 11) is 0. The number of anilines is 1. The van der Waals surface area contributed by atoms with Crippen LogP contribution in [-0.2, 0) is 6.42 Å². The highest BCUT2D eigenvalue weighted by Gasteiger charge is 2.00. The molecule has 0 aliphatic heterocycles. The molecule has 1 aromatic carbocycles. The van der Waals surface area contributed by atoms with E-state index >= 15 is 0 Å². The molecule has 0 bridgehead atoms. The number of hydrogen-bond acceptors (Lipinski definition) is 2. The van der Waals surface area contributed by atoms with Crippen LogP contribution in [0.3, 0.4) is 0 Å². The summed E-state index contributed by atoms with van der Waals surface area (Å²) in [5, 5.41) is 3.27. The van der Waals surface area contributed by atoms with Crippen LogP contribution in [0.4, 0.5) is 10.2 Å². The van der Waals surface area contributed by atoms with Crippen molar-refractivity contribution in [2.24, 2.45) is 0 Å². The van der Waals surface area contributed by atoms with E-state index in [0.717, 1.165) is 29.9 Å². The minimum atomic E-state index is -0.176. The summed E-state index contributed by atoms with van der Waals surface area (Å²) < 4.78 is 13.0. The van der Waals surface area contributed by atoms with Crippen LogP contribution in [0.1, 0.15) is 16.7 Å². The first kappa shape index (κ1) is 12.6. The number of nitrogens with one attached hydrogen (secondary N) is 1. The summed E-state index contributed by atoms with van der Waals surface area (Å²) in [5.41, 5.74) is 3.34. The van der Waals surface area contributed by atoms with E-state index in [0.29, 0.717) is 0 Å². The highest BCUT2D eigenvalue weighted by atomic mass is 19.1. The minimum absolute atomic E-state index is 0.176. The lowest BCUT2D eigenvalue weighted by Gasteiger charge is -2.08. The van der Waals surface area contributed by atoms with Crippen LogP contribution in [0, 0.1) is 19.7 Å². The molecule has 0 aliphatic carbocycles. The standard InChI is InChI=1S/C15H17FN2/c1-11-5-7-17-15(9-11)18-8-6-13-3-4-14(16)10-12(13)2/h3-5,7,9-10H,6,8H2,1-2H3,(H,17,18). The topological polar surface area (TPSA) is 24.9 Å². The van der Waals surface area contributed by atoms with Gasteiger partial charge in [0.1, 0.15) is 11.6 Å². The molecule has 0 unspecified atom stereocenters. The van der Waals surface area contributed by atoms with Crippen molar-refractivity contribution in [2.75, 3.05) is 11.9 Å². The van der Waals surface area contributed by atoms with Crippen molar-refractivity contribution < 1.29 is 4.39 Å². The average Bonchev–Trinajstić information content (AvgIpc) is 2.32. The Bertz CT molecular complexity index is 538. The van der Waals surface area contributed by atoms with Gasteiger partial charge in [0.15, 0.2) is 0 Å². The van der Waals surface area contributed by atoms with Gasteiger partial charge in [-0.25, -0.2) is 9.37 Å². The van der Waals surface area contributed by atoms with Crippen LogP contribution in [-0.4, -0.2) is 11.5 Å². The summed E-state index contributed by atoms with van der Waals surface area (Å²) in [6, 6.07) is 8.90. The van der Waals surface area contributed by atoms with Crippen molar-refractivity contribution >= 4 is 5.82 Å². The Balaban J connectivity index is 1.92. The third-order valence-electron chi connectivity index (χ3n) is 2.92. The van der Waals surface area contributed by atoms with Gasteiger partial charge in [0.2, 0.25) is 0 Å². The lowest BCUT2D eigenvalue weighted by Crippen LogP contribution is -2.07. The number of benzene rings is 1. The average molecular weight is 244 g/mol. The second kappa shape index (κ2) is 5.63. The predicted molar refractivity (Wildman–Crippen MR) is 72.3 cm³/mol. The smallest absolute Gasteiger partial charge is 0.126 e. The van der Waals surface area contributed by atoms with E-state index in [2.05, 4.69) is 10.3 Å². The number of aromatic nitrogens is 1. The fraction of sp³-hybridized carbons (Fsp3) is 0.267. The summed E-state index contributed by atoms with van der Waals surface area (Å²) in [6.07, 6.45) is 2.66. The molecular weight excluding hydrogens is 227 g/mol. The van der Waals surface area contributed by atoms with Gasteiger partial charge in [0.25, 0.3) is 0 Å². The Labute approximate surface area is 107 Å². The van der Waals surface area contributed by atoms with Crippen molar-refractivity contribution in [1.82, 2.24) is 4.98 Å². The maximum Gasteiger partial charge on any atom is 0.126 e. The van der Waals surface area contributed by atoms with Crippen LogP contribution in [0.15, 0.2) is 36.5 Å². The first-order valence-electron chi connectivity index (χ1n) is 6.07. The van der Waals surface area contributed by atoms with Crippen LogP contribution in [0.25, 0.3) is 0 Å². The molecule has 1 N–H and O–H groups in total. The van der Waals surface area contributed by atoms with Crippen molar-refractivity contribution in [3.8, 4) is 0 Å². The summed E-state index contributed by atoms with van der Waals surface area (Å²) in [5.74, 6) is 0.708. The molecule has 0 spiro atoms. The van der Waals surface area contributed by atoms with E-state index in [1.165, 1.54) is 11.6 Å². The molecule has 0 saturated carbocycles. The molecule has 2 aromatic rings. The maximum absolute atomic E-state index is 13.0. The number of nitrogens with zero attached hydrogens (tertiary/aromatic N) is 1. The minimum Gasteiger partial charge on any atom is -0.370 e. The monoisotopic (exact) mass is 244 g/mol. The Morgan fingerprint density at radius 3 is 2.72 bits per heavy atom. The summed E-state index contributed by atoms with van der Waals surface area (Å²) >= 11 is 0. The van der Waals surface area contributed by atoms with Crippen LogP contribution in [0.5, 0.6) is 0 Å². The third kappa shape index (κ3) is 3.29. The van der Waals surface area contributed by atoms with Gasteiger partial charge < -0.3 is 5.32 Å². The Morgan fingerprint density at radius 1 is 1.17 bits per heavy atom. The Hall–Kier alpha value is -1.90. The Kier molecular flexibility index (Phi) is 3.92. The Morgan fingerprint density at radius 2 is 2.00 bits per heavy atom. The fourth-order valence-corrected chi connectivity index (χ4v) is 1.90. The van der Waals surface area contributed by atoms with E-state index in [1.54, 1.807) is 12.3 Å². The first-order valence-corrected chi connectivity index (χ1v) is 6.07. The van der Waals surface area contributed by atoms with E-state index < -0.39 is 0 Å². The van der Waals surface area contributed by atoms with Gasteiger partial charge in [-0.3, -0.25) is 0 Å². The molecule has 0 saturated heterocycles. The maximum atomic E-state index is 13.0. The van der Waals surface area contributed by atoms with Crippen LogP contribution < -0.4 is 5.32 Å². The van der Waals surface area contributed by atoms with Gasteiger partial charge in [-0.1, -0.05) is 6.07 Å². The molecule has 2 nitrogen and oxygen atoms in total. The second-order valence-corrected chi connectivity index (χ2v) is 4.47. The molecule has 0 amide bonds. The van der Waals surface area contributed by atoms with Gasteiger partial charge in [0.05, 0.1) is 0 Å². The first-order chi connectivity index (χ1) is 8.65. The number of rotatable bonds is 4. The lowest BCUT2D eigenvalue weighted by atomic mass is 10.1. The molecule has 94 valence electrons. The van der Waals surface area contributed by atoms with Crippen molar-refractivity contribution in [2.45, 2.75) is 20.3 Å². The molecule has 0 atom stereocenters. The van der Waals surface area contributed by atoms with E-state index in [9.17, 15) is 4.39 Å². The normalized spacial score (nSPS) is 10.4. The van der Waals surface area contributed by atoms with E-state index in [4.69, 9.17) is 0 Å². The van der Waals surface area contributed by atoms with Crippen molar-refractivity contribution in [1.29, 1.82) is 0 Å². The zero-order chi connectivity index (χ0) is 13.0. The van der Waals surface area contributed by atoms with Crippen molar-refractivity contribution in [3.63, 3.8) is 0 Å². The molecule has 0 radical (unpaired) electrons. The zero-order valence-corrected chi connectivity index (χ0v) is 10.7. The lowest BCUT2D eigenvalue weighted by molar-refractivity contribution is 0.625. The van der Waals surface area contributed by atoms with Crippen molar-refractivity contribution in [3.05, 3.63) is 59.0 Å². The fourth-order valence-electron chi connectivity index (χ4n) is 1.90. The molecule has 2 rings (SSSR count). The second-order valence-electron chi connectivity index (χ2n) is 4.47. The number of pyridine rings is 1. The zero-order valence-electron chi connectivity index (χ0n) is 10.7. The highest BCUT2D eigenvalue weighted by Crippen LogP contribution is 2.11. The quantitative estimate of drug-likeness (QED) is 0.890. The molecule has 3 heteroatoms. The molecule has 1 heterocycles. The van der Waals surface area contributed by atoms with Gasteiger partial charge in [-0.05, 0) is 61.2 Å². The van der Waals surface area contributed by atoms with Crippen LogP contribution >= 0.6 is 0 Å². The molecule has 0 fully saturated rings. The predicted octanol–water partition coefficient (Wildman–Crippen LogP) is 3.49. The molecule has 0 aliphatic rings.